The second kappa shape index (κ2) is 6.84. The quantitative estimate of drug-likeness (QED) is 0.394. The lowest BCUT2D eigenvalue weighted by atomic mass is 9.93. The predicted octanol–water partition coefficient (Wildman–Crippen LogP) is 5.67. The molecule has 0 bridgehead atoms. The maximum absolute atomic E-state index is 11.2. The highest BCUT2D eigenvalue weighted by Gasteiger charge is 2.25. The van der Waals surface area contributed by atoms with Crippen molar-refractivity contribution in [3.63, 3.8) is 0 Å². The Hall–Kier alpha value is -4.32. The van der Waals surface area contributed by atoms with Crippen LogP contribution in [0.25, 0.3) is 32.7 Å². The molecule has 0 amide bonds. The van der Waals surface area contributed by atoms with Crippen molar-refractivity contribution in [2.45, 2.75) is 6.54 Å². The van der Waals surface area contributed by atoms with Crippen LogP contribution in [0.15, 0.2) is 72.9 Å². The number of benzene rings is 4. The molecule has 33 heavy (non-hydrogen) atoms. The van der Waals surface area contributed by atoms with Gasteiger partial charge in [-0.25, -0.2) is 0 Å². The largest absolute Gasteiger partial charge is 0.494 e. The topological polar surface area (TPSA) is 62.1 Å². The Balaban J connectivity index is 1.54. The van der Waals surface area contributed by atoms with Crippen LogP contribution in [0, 0.1) is 0 Å². The normalized spacial score (nSPS) is 13.8. The van der Waals surface area contributed by atoms with E-state index in [4.69, 9.17) is 18.9 Å². The average Bonchev–Trinajstić information content (AvgIpc) is 3.57. The molecule has 6 heteroatoms. The van der Waals surface area contributed by atoms with Crippen LogP contribution >= 0.6 is 0 Å². The molecule has 0 unspecified atom stereocenters. The molecule has 2 aliphatic rings. The standard InChI is InChI=1S/C27H19NO5/c29-27-19-10-17-7-9-22-26(33-15-31-22)25(17)24(18-6-8-21-23(11-18)32-14-30-21)20(19)13-28(27)12-16-4-2-1-3-5-16/h1-11,13,29H,12,14-15H2. The number of rotatable bonds is 3. The van der Waals surface area contributed by atoms with Crippen LogP contribution in [0.3, 0.4) is 0 Å². The second-order valence-electron chi connectivity index (χ2n) is 8.24. The molecule has 0 radical (unpaired) electrons. The summed E-state index contributed by atoms with van der Waals surface area (Å²) in [5.41, 5.74) is 3.03. The highest BCUT2D eigenvalue weighted by molar-refractivity contribution is 6.17. The maximum atomic E-state index is 11.2. The number of ether oxygens (including phenoxy) is 4. The van der Waals surface area contributed by atoms with Gasteiger partial charge in [-0.05, 0) is 40.8 Å². The number of aromatic hydroxyl groups is 1. The van der Waals surface area contributed by atoms with Crippen LogP contribution in [0.5, 0.6) is 28.9 Å². The molecule has 0 fully saturated rings. The van der Waals surface area contributed by atoms with Gasteiger partial charge in [0.15, 0.2) is 28.9 Å². The van der Waals surface area contributed by atoms with Crippen molar-refractivity contribution >= 4 is 21.5 Å². The number of hydrogen-bond acceptors (Lipinski definition) is 5. The molecule has 1 aromatic heterocycles. The molecule has 7 rings (SSSR count). The Kier molecular flexibility index (Phi) is 3.79. The minimum Gasteiger partial charge on any atom is -0.494 e. The van der Waals surface area contributed by atoms with Crippen molar-refractivity contribution < 1.29 is 24.1 Å². The summed E-state index contributed by atoms with van der Waals surface area (Å²) < 4.78 is 24.6. The molecule has 1 N–H and O–H groups in total. The van der Waals surface area contributed by atoms with Crippen LogP contribution in [0.2, 0.25) is 0 Å². The first-order chi connectivity index (χ1) is 16.3. The van der Waals surface area contributed by atoms with E-state index in [0.717, 1.165) is 55.5 Å². The van der Waals surface area contributed by atoms with E-state index in [1.807, 2.05) is 65.4 Å². The summed E-state index contributed by atoms with van der Waals surface area (Å²) in [6.07, 6.45) is 2.01. The fourth-order valence-corrected chi connectivity index (χ4v) is 4.81. The summed E-state index contributed by atoms with van der Waals surface area (Å²) in [6.45, 7) is 0.966. The van der Waals surface area contributed by atoms with E-state index in [-0.39, 0.29) is 19.5 Å². The smallest absolute Gasteiger partial charge is 0.231 e. The van der Waals surface area contributed by atoms with E-state index < -0.39 is 0 Å². The van der Waals surface area contributed by atoms with Crippen LogP contribution in [0.1, 0.15) is 5.56 Å². The van der Waals surface area contributed by atoms with Gasteiger partial charge in [0.05, 0.1) is 6.54 Å². The molecule has 4 aromatic carbocycles. The summed E-state index contributed by atoms with van der Waals surface area (Å²) in [6, 6.07) is 22.0. The monoisotopic (exact) mass is 437 g/mol. The molecule has 5 aromatic rings. The summed E-state index contributed by atoms with van der Waals surface area (Å²) in [4.78, 5) is 0. The molecular weight excluding hydrogens is 418 g/mol. The van der Waals surface area contributed by atoms with Crippen LogP contribution in [-0.2, 0) is 6.54 Å². The van der Waals surface area contributed by atoms with Crippen LogP contribution in [0.4, 0.5) is 0 Å². The second-order valence-corrected chi connectivity index (χ2v) is 8.24. The first kappa shape index (κ1) is 18.3. The molecule has 0 atom stereocenters. The van der Waals surface area contributed by atoms with Crippen LogP contribution in [-0.4, -0.2) is 23.3 Å². The molecule has 0 saturated heterocycles. The number of fused-ring (bicyclic) bond motifs is 5. The first-order valence-electron chi connectivity index (χ1n) is 10.8. The minimum atomic E-state index is 0.188. The predicted molar refractivity (Wildman–Crippen MR) is 124 cm³/mol. The third-order valence-corrected chi connectivity index (χ3v) is 6.34. The number of hydrogen-bond donors (Lipinski definition) is 1. The summed E-state index contributed by atoms with van der Waals surface area (Å²) in [5, 5.41) is 14.8. The lowest BCUT2D eigenvalue weighted by molar-refractivity contribution is 0.174. The van der Waals surface area contributed by atoms with Gasteiger partial charge < -0.3 is 28.6 Å². The van der Waals surface area contributed by atoms with E-state index in [0.29, 0.717) is 12.3 Å². The van der Waals surface area contributed by atoms with Crippen molar-refractivity contribution in [1.82, 2.24) is 4.57 Å². The van der Waals surface area contributed by atoms with Gasteiger partial charge >= 0.3 is 0 Å². The Morgan fingerprint density at radius 2 is 1.55 bits per heavy atom. The average molecular weight is 437 g/mol. The molecule has 3 heterocycles. The summed E-state index contributed by atoms with van der Waals surface area (Å²) in [5.74, 6) is 3.10. The third kappa shape index (κ3) is 2.74. The van der Waals surface area contributed by atoms with Gasteiger partial charge in [-0.15, -0.1) is 0 Å². The molecule has 0 aliphatic carbocycles. The Morgan fingerprint density at radius 1 is 0.758 bits per heavy atom. The van der Waals surface area contributed by atoms with E-state index in [2.05, 4.69) is 12.1 Å². The van der Waals surface area contributed by atoms with Crippen LogP contribution < -0.4 is 18.9 Å². The molecular formula is C27H19NO5. The number of aromatic nitrogens is 1. The maximum Gasteiger partial charge on any atom is 0.231 e. The Morgan fingerprint density at radius 3 is 2.45 bits per heavy atom. The van der Waals surface area contributed by atoms with Gasteiger partial charge in [-0.1, -0.05) is 42.5 Å². The Labute approximate surface area is 189 Å². The van der Waals surface area contributed by atoms with Crippen molar-refractivity contribution in [3.8, 4) is 40.0 Å². The van der Waals surface area contributed by atoms with E-state index in [1.165, 1.54) is 0 Å². The highest BCUT2D eigenvalue weighted by atomic mass is 16.7. The molecule has 6 nitrogen and oxygen atoms in total. The molecule has 2 aliphatic heterocycles. The molecule has 162 valence electrons. The SMILES string of the molecule is Oc1c2cc3ccc4c(c3c(-c3ccc5c(c3)OCO5)c2cn1Cc1ccccc1)OCO4. The van der Waals surface area contributed by atoms with Crippen molar-refractivity contribution in [2.75, 3.05) is 13.6 Å². The van der Waals surface area contributed by atoms with Crippen molar-refractivity contribution in [3.05, 3.63) is 78.5 Å². The molecule has 0 spiro atoms. The van der Waals surface area contributed by atoms with E-state index >= 15 is 0 Å². The zero-order valence-corrected chi connectivity index (χ0v) is 17.6. The fourth-order valence-electron chi connectivity index (χ4n) is 4.81. The van der Waals surface area contributed by atoms with Crippen molar-refractivity contribution in [2.24, 2.45) is 0 Å². The highest BCUT2D eigenvalue weighted by Crippen LogP contribution is 2.49. The van der Waals surface area contributed by atoms with E-state index in [1.54, 1.807) is 0 Å². The van der Waals surface area contributed by atoms with Crippen molar-refractivity contribution in [1.29, 1.82) is 0 Å². The van der Waals surface area contributed by atoms with Gasteiger partial charge in [-0.3, -0.25) is 0 Å². The van der Waals surface area contributed by atoms with Gasteiger partial charge in [0.2, 0.25) is 13.6 Å². The number of nitrogens with zero attached hydrogens (tertiary/aromatic N) is 1. The van der Waals surface area contributed by atoms with Gasteiger partial charge in [-0.2, -0.15) is 0 Å². The fraction of sp³-hybridized carbons (Fsp3) is 0.111. The first-order valence-corrected chi connectivity index (χ1v) is 10.8. The van der Waals surface area contributed by atoms with Gasteiger partial charge in [0, 0.05) is 27.9 Å². The Bertz CT molecular complexity index is 1550. The lowest BCUT2D eigenvalue weighted by Gasteiger charge is -2.12. The lowest BCUT2D eigenvalue weighted by Crippen LogP contribution is -1.96. The summed E-state index contributed by atoms with van der Waals surface area (Å²) >= 11 is 0. The van der Waals surface area contributed by atoms with Gasteiger partial charge in [0.1, 0.15) is 0 Å². The molecule has 0 saturated carbocycles. The zero-order valence-electron chi connectivity index (χ0n) is 17.6. The zero-order chi connectivity index (χ0) is 21.9. The third-order valence-electron chi connectivity index (χ3n) is 6.34. The van der Waals surface area contributed by atoms with Gasteiger partial charge in [0.25, 0.3) is 0 Å². The van der Waals surface area contributed by atoms with E-state index in [9.17, 15) is 5.11 Å². The minimum absolute atomic E-state index is 0.188. The summed E-state index contributed by atoms with van der Waals surface area (Å²) in [7, 11) is 0.